The van der Waals surface area contributed by atoms with Crippen molar-refractivity contribution in [2.45, 2.75) is 32.4 Å². The van der Waals surface area contributed by atoms with Gasteiger partial charge in [-0.3, -0.25) is 9.59 Å². The minimum Gasteiger partial charge on any atom is -0.507 e. The monoisotopic (exact) mass is 493 g/mol. The quantitative estimate of drug-likeness (QED) is 0.231. The Morgan fingerprint density at radius 2 is 2.00 bits per heavy atom. The third-order valence-electron chi connectivity index (χ3n) is 6.19. The molecule has 8 heteroatoms. The summed E-state index contributed by atoms with van der Waals surface area (Å²) >= 11 is 0. The summed E-state index contributed by atoms with van der Waals surface area (Å²) in [5, 5.41) is 11.4. The van der Waals surface area contributed by atoms with Gasteiger partial charge >= 0.3 is 0 Å². The SMILES string of the molecule is C=CCOc1ccc(C2/C(=C(/O)c3ccc4c(c3)CC(C)O4)C(=O)C(=O)N2CCOC)cc1OCC. The average Bonchev–Trinajstić information content (AvgIpc) is 3.37. The van der Waals surface area contributed by atoms with Gasteiger partial charge in [-0.15, -0.1) is 0 Å². The third kappa shape index (κ3) is 4.81. The Hall–Kier alpha value is -3.78. The van der Waals surface area contributed by atoms with Crippen molar-refractivity contribution >= 4 is 17.4 Å². The van der Waals surface area contributed by atoms with Crippen LogP contribution < -0.4 is 14.2 Å². The summed E-state index contributed by atoms with van der Waals surface area (Å²) in [4.78, 5) is 27.7. The standard InChI is InChI=1S/C28H31NO7/c1-5-12-35-22-10-7-18(16-23(22)34-6-2)25-24(27(31)28(32)29(25)11-13-33-4)26(30)19-8-9-21-20(15-19)14-17(3)36-21/h5,7-10,15-17,25,30H,1,6,11-14H2,2-4H3/b26-24-. The first-order valence-corrected chi connectivity index (χ1v) is 12.0. The van der Waals surface area contributed by atoms with Crippen LogP contribution in [0.2, 0.25) is 0 Å². The molecule has 36 heavy (non-hydrogen) atoms. The molecule has 2 atom stereocenters. The lowest BCUT2D eigenvalue weighted by Crippen LogP contribution is -2.32. The molecule has 8 nitrogen and oxygen atoms in total. The van der Waals surface area contributed by atoms with Crippen molar-refractivity contribution in [2.75, 3.05) is 33.5 Å². The number of likely N-dealkylation sites (tertiary alicyclic amines) is 1. The molecule has 0 bridgehead atoms. The van der Waals surface area contributed by atoms with E-state index in [0.717, 1.165) is 11.3 Å². The largest absolute Gasteiger partial charge is 0.507 e. The molecule has 0 spiro atoms. The fourth-order valence-electron chi connectivity index (χ4n) is 4.60. The van der Waals surface area contributed by atoms with Gasteiger partial charge in [-0.05, 0) is 55.3 Å². The van der Waals surface area contributed by atoms with E-state index in [9.17, 15) is 14.7 Å². The first-order chi connectivity index (χ1) is 17.4. The van der Waals surface area contributed by atoms with Gasteiger partial charge in [-0.2, -0.15) is 0 Å². The van der Waals surface area contributed by atoms with Gasteiger partial charge < -0.3 is 29.0 Å². The van der Waals surface area contributed by atoms with Gasteiger partial charge in [0.05, 0.1) is 24.8 Å². The Kier molecular flexibility index (Phi) is 7.64. The number of hydrogen-bond donors (Lipinski definition) is 1. The number of amides is 1. The lowest BCUT2D eigenvalue weighted by molar-refractivity contribution is -0.140. The molecule has 190 valence electrons. The highest BCUT2D eigenvalue weighted by Gasteiger charge is 2.46. The second-order valence-corrected chi connectivity index (χ2v) is 8.68. The normalized spacial score (nSPS) is 20.2. The van der Waals surface area contributed by atoms with Crippen LogP contribution in [0.25, 0.3) is 5.76 Å². The summed E-state index contributed by atoms with van der Waals surface area (Å²) in [5.41, 5.74) is 2.03. The number of ether oxygens (including phenoxy) is 4. The highest BCUT2D eigenvalue weighted by molar-refractivity contribution is 6.46. The number of ketones is 1. The maximum absolute atomic E-state index is 13.2. The Balaban J connectivity index is 1.83. The van der Waals surface area contributed by atoms with Crippen molar-refractivity contribution in [1.29, 1.82) is 0 Å². The number of fused-ring (bicyclic) bond motifs is 1. The molecule has 2 aliphatic rings. The van der Waals surface area contributed by atoms with Gasteiger partial charge in [0.1, 0.15) is 24.2 Å². The first kappa shape index (κ1) is 25.3. The van der Waals surface area contributed by atoms with Gasteiger partial charge in [-0.1, -0.05) is 18.7 Å². The maximum atomic E-state index is 13.2. The van der Waals surface area contributed by atoms with Crippen LogP contribution in [0.1, 0.15) is 36.6 Å². The molecule has 2 heterocycles. The molecule has 2 aliphatic heterocycles. The molecule has 2 aromatic carbocycles. The fraction of sp³-hybridized carbons (Fsp3) is 0.357. The van der Waals surface area contributed by atoms with Crippen LogP contribution in [0.4, 0.5) is 0 Å². The molecule has 0 aliphatic carbocycles. The number of aliphatic hydroxyl groups excluding tert-OH is 1. The summed E-state index contributed by atoms with van der Waals surface area (Å²) in [6.45, 7) is 8.60. The smallest absolute Gasteiger partial charge is 0.295 e. The van der Waals surface area contributed by atoms with E-state index < -0.39 is 17.7 Å². The van der Waals surface area contributed by atoms with Gasteiger partial charge in [0.25, 0.3) is 11.7 Å². The number of Topliss-reactive ketones (excluding diaryl/α,β-unsaturated/α-hetero) is 1. The zero-order valence-corrected chi connectivity index (χ0v) is 20.8. The highest BCUT2D eigenvalue weighted by atomic mass is 16.5. The molecular weight excluding hydrogens is 462 g/mol. The van der Waals surface area contributed by atoms with Crippen molar-refractivity contribution in [3.63, 3.8) is 0 Å². The van der Waals surface area contributed by atoms with Gasteiger partial charge in [-0.25, -0.2) is 0 Å². The number of carbonyl (C=O) groups excluding carboxylic acids is 2. The second kappa shape index (κ2) is 10.9. The van der Waals surface area contributed by atoms with Crippen molar-refractivity contribution in [3.05, 3.63) is 71.3 Å². The maximum Gasteiger partial charge on any atom is 0.295 e. The van der Waals surface area contributed by atoms with Crippen LogP contribution in [0.15, 0.2) is 54.6 Å². The molecule has 4 rings (SSSR count). The Morgan fingerprint density at radius 3 is 2.72 bits per heavy atom. The van der Waals surface area contributed by atoms with E-state index in [1.165, 1.54) is 12.0 Å². The zero-order valence-electron chi connectivity index (χ0n) is 20.8. The molecule has 2 unspecified atom stereocenters. The predicted molar refractivity (Wildman–Crippen MR) is 134 cm³/mol. The van der Waals surface area contributed by atoms with Crippen LogP contribution in [0.5, 0.6) is 17.2 Å². The molecule has 1 N–H and O–H groups in total. The van der Waals surface area contributed by atoms with E-state index in [4.69, 9.17) is 18.9 Å². The van der Waals surface area contributed by atoms with Crippen LogP contribution in [-0.2, 0) is 20.7 Å². The fourth-order valence-corrected chi connectivity index (χ4v) is 4.60. The molecule has 0 saturated carbocycles. The minimum atomic E-state index is -0.823. The Bertz CT molecular complexity index is 1200. The molecule has 0 radical (unpaired) electrons. The summed E-state index contributed by atoms with van der Waals surface area (Å²) in [6.07, 6.45) is 2.37. The molecular formula is C28H31NO7. The lowest BCUT2D eigenvalue weighted by atomic mass is 9.94. The molecule has 1 saturated heterocycles. The van der Waals surface area contributed by atoms with E-state index >= 15 is 0 Å². The minimum absolute atomic E-state index is 0.0187. The molecule has 0 aromatic heterocycles. The van der Waals surface area contributed by atoms with E-state index in [0.29, 0.717) is 42.3 Å². The van der Waals surface area contributed by atoms with E-state index in [-0.39, 0.29) is 30.6 Å². The second-order valence-electron chi connectivity index (χ2n) is 8.68. The van der Waals surface area contributed by atoms with E-state index in [2.05, 4.69) is 6.58 Å². The highest BCUT2D eigenvalue weighted by Crippen LogP contribution is 2.42. The zero-order chi connectivity index (χ0) is 25.8. The van der Waals surface area contributed by atoms with Crippen LogP contribution >= 0.6 is 0 Å². The van der Waals surface area contributed by atoms with Gasteiger partial charge in [0.2, 0.25) is 0 Å². The van der Waals surface area contributed by atoms with Crippen LogP contribution in [-0.4, -0.2) is 61.3 Å². The number of hydrogen-bond acceptors (Lipinski definition) is 7. The summed E-state index contributed by atoms with van der Waals surface area (Å²) < 4.78 is 22.4. The predicted octanol–water partition coefficient (Wildman–Crippen LogP) is 4.04. The summed E-state index contributed by atoms with van der Waals surface area (Å²) in [7, 11) is 1.53. The molecule has 2 aromatic rings. The Labute approximate surface area is 210 Å². The summed E-state index contributed by atoms with van der Waals surface area (Å²) in [5.74, 6) is 0.0726. The van der Waals surface area contributed by atoms with Crippen LogP contribution in [0, 0.1) is 0 Å². The number of rotatable bonds is 10. The average molecular weight is 494 g/mol. The van der Waals surface area contributed by atoms with Crippen molar-refractivity contribution < 1.29 is 33.6 Å². The lowest BCUT2D eigenvalue weighted by Gasteiger charge is -2.26. The first-order valence-electron chi connectivity index (χ1n) is 12.0. The van der Waals surface area contributed by atoms with E-state index in [1.54, 1.807) is 36.4 Å². The third-order valence-corrected chi connectivity index (χ3v) is 6.19. The van der Waals surface area contributed by atoms with Gasteiger partial charge in [0, 0.05) is 25.6 Å². The number of carbonyl (C=O) groups is 2. The number of aliphatic hydroxyl groups is 1. The summed E-state index contributed by atoms with van der Waals surface area (Å²) in [6, 6.07) is 9.70. The van der Waals surface area contributed by atoms with Crippen LogP contribution in [0.3, 0.4) is 0 Å². The topological polar surface area (TPSA) is 94.5 Å². The Morgan fingerprint density at radius 1 is 1.19 bits per heavy atom. The number of nitrogens with zero attached hydrogens (tertiary/aromatic N) is 1. The van der Waals surface area contributed by atoms with E-state index in [1.807, 2.05) is 19.9 Å². The van der Waals surface area contributed by atoms with Crippen molar-refractivity contribution in [1.82, 2.24) is 4.90 Å². The number of methoxy groups -OCH3 is 1. The van der Waals surface area contributed by atoms with Crippen molar-refractivity contribution in [3.8, 4) is 17.2 Å². The molecule has 1 amide bonds. The van der Waals surface area contributed by atoms with Gasteiger partial charge in [0.15, 0.2) is 11.5 Å². The molecule has 1 fully saturated rings. The van der Waals surface area contributed by atoms with Crippen molar-refractivity contribution in [2.24, 2.45) is 0 Å². The number of benzene rings is 2.